The number of amides is 3. The minimum absolute atomic E-state index is 0.0749. The first-order valence-corrected chi connectivity index (χ1v) is 12.9. The lowest BCUT2D eigenvalue weighted by molar-refractivity contribution is -0.138. The summed E-state index contributed by atoms with van der Waals surface area (Å²) in [5.74, 6) is 3.35. The van der Waals surface area contributed by atoms with Crippen LogP contribution in [-0.2, 0) is 14.3 Å². The van der Waals surface area contributed by atoms with Crippen molar-refractivity contribution in [1.29, 1.82) is 0 Å². The largest absolute Gasteiger partial charge is 0.481 e. The van der Waals surface area contributed by atoms with Crippen LogP contribution in [0, 0.1) is 11.8 Å². The summed E-state index contributed by atoms with van der Waals surface area (Å²) >= 11 is 0. The third-order valence-corrected chi connectivity index (χ3v) is 5.85. The van der Waals surface area contributed by atoms with Gasteiger partial charge in [0.25, 0.3) is 5.91 Å². The van der Waals surface area contributed by atoms with Gasteiger partial charge in [-0.3, -0.25) is 14.4 Å². The first kappa shape index (κ1) is 30.0. The van der Waals surface area contributed by atoms with Crippen molar-refractivity contribution in [3.63, 3.8) is 0 Å². The number of hydrogen-bond donors (Lipinski definition) is 3. The molecule has 0 spiro atoms. The maximum atomic E-state index is 13.4. The van der Waals surface area contributed by atoms with Crippen LogP contribution in [0.25, 0.3) is 11.4 Å². The van der Waals surface area contributed by atoms with Crippen LogP contribution in [0.2, 0.25) is 0 Å². The van der Waals surface area contributed by atoms with Crippen molar-refractivity contribution < 1.29 is 34.1 Å². The van der Waals surface area contributed by atoms with E-state index in [0.29, 0.717) is 5.56 Å². The number of nitrogens with one attached hydrogen (secondary N) is 1. The average Bonchev–Trinajstić information content (AvgIpc) is 2.93. The Kier molecular flexibility index (Phi) is 10.2. The predicted molar refractivity (Wildman–Crippen MR) is 144 cm³/mol. The summed E-state index contributed by atoms with van der Waals surface area (Å²) in [6.07, 6.45) is -0.951. The van der Waals surface area contributed by atoms with E-state index < -0.39 is 35.5 Å². The van der Waals surface area contributed by atoms with Gasteiger partial charge in [-0.25, -0.2) is 14.8 Å². The Bertz CT molecular complexity index is 1290. The summed E-state index contributed by atoms with van der Waals surface area (Å²) in [4.78, 5) is 61.7. The van der Waals surface area contributed by atoms with E-state index >= 15 is 0 Å². The molecule has 0 saturated carbocycles. The number of rotatable bonds is 8. The molecule has 1 fully saturated rings. The Hall–Kier alpha value is -4.50. The molecule has 0 bridgehead atoms. The molecule has 2 aromatic rings. The van der Waals surface area contributed by atoms with Crippen molar-refractivity contribution in [1.82, 2.24) is 25.1 Å². The van der Waals surface area contributed by atoms with E-state index in [1.807, 2.05) is 6.07 Å². The molecule has 0 aliphatic carbocycles. The molecule has 3 rings (SSSR count). The number of carbonyl (C=O) groups is 4. The van der Waals surface area contributed by atoms with E-state index in [0.717, 1.165) is 0 Å². The Morgan fingerprint density at radius 1 is 1.07 bits per heavy atom. The van der Waals surface area contributed by atoms with Gasteiger partial charge in [0, 0.05) is 44.2 Å². The van der Waals surface area contributed by atoms with Gasteiger partial charge in [0.15, 0.2) is 5.82 Å². The Labute approximate surface area is 232 Å². The summed E-state index contributed by atoms with van der Waals surface area (Å²) in [6, 6.07) is 9.13. The van der Waals surface area contributed by atoms with E-state index in [1.54, 1.807) is 31.2 Å². The first-order valence-electron chi connectivity index (χ1n) is 12.9. The van der Waals surface area contributed by atoms with Gasteiger partial charge in [-0.05, 0) is 33.1 Å². The van der Waals surface area contributed by atoms with Crippen LogP contribution in [-0.4, -0.2) is 98.3 Å². The minimum atomic E-state index is -1.30. The fourth-order valence-corrected chi connectivity index (χ4v) is 3.86. The van der Waals surface area contributed by atoms with Gasteiger partial charge in [-0.15, -0.1) is 0 Å². The van der Waals surface area contributed by atoms with E-state index in [-0.39, 0.29) is 62.8 Å². The second-order valence-electron chi connectivity index (χ2n) is 9.61. The third-order valence-electron chi connectivity index (χ3n) is 5.85. The number of carbonyl (C=O) groups excluding carboxylic acids is 3. The molecule has 0 radical (unpaired) electrons. The zero-order valence-corrected chi connectivity index (χ0v) is 22.7. The first-order chi connectivity index (χ1) is 19.0. The number of ether oxygens (including phenoxy) is 1. The second-order valence-corrected chi connectivity index (χ2v) is 9.61. The molecule has 2 heterocycles. The van der Waals surface area contributed by atoms with Crippen LogP contribution in [0.5, 0.6) is 0 Å². The third kappa shape index (κ3) is 8.78. The smallest absolute Gasteiger partial charge is 0.409 e. The number of aromatic nitrogens is 2. The topological polar surface area (TPSA) is 162 Å². The summed E-state index contributed by atoms with van der Waals surface area (Å²) in [6.45, 7) is 5.88. The molecule has 1 aliphatic heterocycles. The standard InChI is InChI=1S/C28H33N5O7/c1-4-40-27(38)33-16-14-32(15-17-33)26(37)21(10-11-23(34)35)31-25(36)22-18-20(12-13-28(2,3)39)29-24(30-22)19-8-6-5-7-9-19/h5-9,18,21,39H,4,10-11,14-17H2,1-3H3,(H,31,36)(H,34,35). The van der Waals surface area contributed by atoms with Crippen LogP contribution in [0.3, 0.4) is 0 Å². The average molecular weight is 552 g/mol. The van der Waals surface area contributed by atoms with E-state index in [1.165, 1.54) is 29.7 Å². The maximum absolute atomic E-state index is 13.4. The molecule has 212 valence electrons. The lowest BCUT2D eigenvalue weighted by Gasteiger charge is -2.35. The number of aliphatic hydroxyl groups is 1. The lowest BCUT2D eigenvalue weighted by Crippen LogP contribution is -2.56. The molecule has 12 heteroatoms. The van der Waals surface area contributed by atoms with Crippen molar-refractivity contribution in [3.05, 3.63) is 47.8 Å². The number of aliphatic carboxylic acids is 1. The molecule has 1 atom stereocenters. The highest BCUT2D eigenvalue weighted by atomic mass is 16.6. The molecule has 1 aromatic heterocycles. The molecule has 40 heavy (non-hydrogen) atoms. The summed E-state index contributed by atoms with van der Waals surface area (Å²) in [7, 11) is 0. The second kappa shape index (κ2) is 13.5. The molecular formula is C28H33N5O7. The van der Waals surface area contributed by atoms with Gasteiger partial charge in [-0.2, -0.15) is 0 Å². The van der Waals surface area contributed by atoms with Gasteiger partial charge in [0.2, 0.25) is 5.91 Å². The monoisotopic (exact) mass is 551 g/mol. The van der Waals surface area contributed by atoms with Crippen LogP contribution in [0.1, 0.15) is 49.8 Å². The van der Waals surface area contributed by atoms with E-state index in [9.17, 15) is 29.4 Å². The van der Waals surface area contributed by atoms with E-state index in [2.05, 4.69) is 27.1 Å². The molecular weight excluding hydrogens is 518 g/mol. The lowest BCUT2D eigenvalue weighted by atomic mass is 10.1. The Balaban J connectivity index is 1.85. The number of carboxylic acid groups (broad SMARTS) is 1. The van der Waals surface area contributed by atoms with Crippen molar-refractivity contribution >= 4 is 23.9 Å². The molecule has 3 amide bonds. The Morgan fingerprint density at radius 2 is 1.73 bits per heavy atom. The number of carboxylic acids is 1. The fourth-order valence-electron chi connectivity index (χ4n) is 3.86. The SMILES string of the molecule is CCOC(=O)N1CCN(C(=O)C(CCC(=O)O)NC(=O)c2cc(C#CC(C)(C)O)nc(-c3ccccc3)n2)CC1. The van der Waals surface area contributed by atoms with Crippen LogP contribution >= 0.6 is 0 Å². The van der Waals surface area contributed by atoms with Crippen LogP contribution in [0.4, 0.5) is 4.79 Å². The quantitative estimate of drug-likeness (QED) is 0.413. The number of piperazine rings is 1. The zero-order valence-electron chi connectivity index (χ0n) is 22.7. The number of hydrogen-bond acceptors (Lipinski definition) is 8. The Morgan fingerprint density at radius 3 is 2.33 bits per heavy atom. The molecule has 3 N–H and O–H groups in total. The minimum Gasteiger partial charge on any atom is -0.481 e. The van der Waals surface area contributed by atoms with Crippen molar-refractivity contribution in [2.24, 2.45) is 0 Å². The maximum Gasteiger partial charge on any atom is 0.409 e. The van der Waals surface area contributed by atoms with Gasteiger partial charge < -0.3 is 30.1 Å². The van der Waals surface area contributed by atoms with Gasteiger partial charge in [0.1, 0.15) is 23.0 Å². The number of benzene rings is 1. The summed E-state index contributed by atoms with van der Waals surface area (Å²) < 4.78 is 5.00. The van der Waals surface area contributed by atoms with Crippen molar-refractivity contribution in [3.8, 4) is 23.2 Å². The van der Waals surface area contributed by atoms with Gasteiger partial charge in [0.05, 0.1) is 6.61 Å². The normalized spacial score (nSPS) is 14.0. The summed E-state index contributed by atoms with van der Waals surface area (Å²) in [5.41, 5.74) is -0.563. The fraction of sp³-hybridized carbons (Fsp3) is 0.429. The van der Waals surface area contributed by atoms with Crippen LogP contribution < -0.4 is 5.32 Å². The molecule has 1 aliphatic rings. The number of nitrogens with zero attached hydrogens (tertiary/aromatic N) is 4. The molecule has 1 unspecified atom stereocenters. The van der Waals surface area contributed by atoms with E-state index in [4.69, 9.17) is 4.74 Å². The van der Waals surface area contributed by atoms with Crippen LogP contribution in [0.15, 0.2) is 36.4 Å². The van der Waals surface area contributed by atoms with Crippen molar-refractivity contribution in [2.75, 3.05) is 32.8 Å². The highest BCUT2D eigenvalue weighted by molar-refractivity contribution is 5.96. The van der Waals surface area contributed by atoms with Gasteiger partial charge in [-0.1, -0.05) is 36.3 Å². The molecule has 1 aromatic carbocycles. The van der Waals surface area contributed by atoms with Gasteiger partial charge >= 0.3 is 12.1 Å². The van der Waals surface area contributed by atoms with Crippen molar-refractivity contribution in [2.45, 2.75) is 45.3 Å². The molecule has 12 nitrogen and oxygen atoms in total. The highest BCUT2D eigenvalue weighted by Gasteiger charge is 2.31. The molecule has 1 saturated heterocycles. The zero-order chi connectivity index (χ0) is 29.3. The summed E-state index contributed by atoms with van der Waals surface area (Å²) in [5, 5.41) is 21.9. The highest BCUT2D eigenvalue weighted by Crippen LogP contribution is 2.16. The predicted octanol–water partition coefficient (Wildman–Crippen LogP) is 1.53.